The minimum Gasteiger partial charge on any atom is -0.333 e. The van der Waals surface area contributed by atoms with Gasteiger partial charge in [-0.15, -0.1) is 0 Å². The summed E-state index contributed by atoms with van der Waals surface area (Å²) in [6, 6.07) is 13.4. The summed E-state index contributed by atoms with van der Waals surface area (Å²) in [5.74, 6) is 0.0578. The second-order valence-corrected chi connectivity index (χ2v) is 7.73. The number of amides is 1. The zero-order valence-electron chi connectivity index (χ0n) is 15.6. The van der Waals surface area contributed by atoms with Crippen LogP contribution in [0.5, 0.6) is 0 Å². The molecule has 0 bridgehead atoms. The van der Waals surface area contributed by atoms with Crippen LogP contribution in [0.1, 0.15) is 10.4 Å². The molecule has 2 heterocycles. The van der Waals surface area contributed by atoms with E-state index in [2.05, 4.69) is 15.3 Å². The van der Waals surface area contributed by atoms with E-state index >= 15 is 0 Å². The van der Waals surface area contributed by atoms with Crippen LogP contribution in [0.3, 0.4) is 0 Å². The lowest BCUT2D eigenvalue weighted by molar-refractivity contribution is -0.385. The summed E-state index contributed by atoms with van der Waals surface area (Å²) in [5, 5.41) is 14.5. The van der Waals surface area contributed by atoms with Crippen LogP contribution in [-0.2, 0) is 7.05 Å². The Morgan fingerprint density at radius 2 is 2.00 bits per heavy atom. The fraction of sp³-hybridized carbons (Fsp3) is 0.0500. The number of aromatic nitrogens is 3. The minimum atomic E-state index is -0.642. The molecular formula is C20H14ClN5O3S. The second-order valence-electron chi connectivity index (χ2n) is 6.30. The first-order valence-corrected chi connectivity index (χ1v) is 9.92. The van der Waals surface area contributed by atoms with Gasteiger partial charge in [-0.2, -0.15) is 0 Å². The lowest BCUT2D eigenvalue weighted by atomic mass is 10.1. The van der Waals surface area contributed by atoms with Crippen molar-refractivity contribution in [2.75, 3.05) is 5.32 Å². The largest absolute Gasteiger partial charge is 0.333 e. The molecule has 30 heavy (non-hydrogen) atoms. The van der Waals surface area contributed by atoms with E-state index in [0.717, 1.165) is 16.5 Å². The molecule has 0 saturated carbocycles. The summed E-state index contributed by atoms with van der Waals surface area (Å²) in [4.78, 5) is 33.1. The molecule has 0 aliphatic rings. The zero-order chi connectivity index (χ0) is 21.3. The Balaban J connectivity index is 1.74. The van der Waals surface area contributed by atoms with Gasteiger partial charge in [0.1, 0.15) is 5.56 Å². The van der Waals surface area contributed by atoms with Crippen molar-refractivity contribution in [3.63, 3.8) is 0 Å². The van der Waals surface area contributed by atoms with Gasteiger partial charge in [-0.25, -0.2) is 9.97 Å². The SMILES string of the molecule is Cn1ccnc1-c1sc(NC(=O)c2ccc(Cl)cc2[N+](=O)[O-])nc1-c1ccccc1. The number of thiazole rings is 1. The first-order valence-electron chi connectivity index (χ1n) is 8.73. The predicted octanol–water partition coefficient (Wildman–Crippen LogP) is 5.02. The maximum atomic E-state index is 12.7. The van der Waals surface area contributed by atoms with Gasteiger partial charge in [0, 0.05) is 36.1 Å². The molecule has 2 aromatic carbocycles. The number of nitrogens with one attached hydrogen (secondary N) is 1. The first kappa shape index (κ1) is 19.7. The van der Waals surface area contributed by atoms with Crippen molar-refractivity contribution >= 4 is 39.7 Å². The summed E-state index contributed by atoms with van der Waals surface area (Å²) in [5.41, 5.74) is 1.06. The highest BCUT2D eigenvalue weighted by molar-refractivity contribution is 7.19. The summed E-state index contributed by atoms with van der Waals surface area (Å²) in [7, 11) is 1.87. The summed E-state index contributed by atoms with van der Waals surface area (Å²) in [6.07, 6.45) is 3.50. The van der Waals surface area contributed by atoms with Crippen molar-refractivity contribution < 1.29 is 9.72 Å². The highest BCUT2D eigenvalue weighted by atomic mass is 35.5. The molecule has 0 spiro atoms. The first-order chi connectivity index (χ1) is 14.4. The molecule has 150 valence electrons. The Morgan fingerprint density at radius 3 is 2.67 bits per heavy atom. The van der Waals surface area contributed by atoms with E-state index in [0.29, 0.717) is 16.6 Å². The molecule has 1 amide bonds. The topological polar surface area (TPSA) is 103 Å². The number of imidazole rings is 1. The molecule has 8 nitrogen and oxygen atoms in total. The molecule has 0 fully saturated rings. The van der Waals surface area contributed by atoms with Gasteiger partial charge in [-0.1, -0.05) is 53.3 Å². The third kappa shape index (κ3) is 3.80. The van der Waals surface area contributed by atoms with Gasteiger partial charge < -0.3 is 4.57 Å². The van der Waals surface area contributed by atoms with Crippen molar-refractivity contribution in [2.45, 2.75) is 0 Å². The summed E-state index contributed by atoms with van der Waals surface area (Å²) < 4.78 is 1.86. The molecule has 4 rings (SSSR count). The number of carbonyl (C=O) groups is 1. The van der Waals surface area contributed by atoms with Crippen LogP contribution in [0.2, 0.25) is 5.02 Å². The standard InChI is InChI=1S/C20H14ClN5O3S/c1-25-10-9-22-18(25)17-16(12-5-3-2-4-6-12)23-20(30-17)24-19(27)14-8-7-13(21)11-15(14)26(28)29/h2-11H,1H3,(H,23,24,27). The zero-order valence-corrected chi connectivity index (χ0v) is 17.1. The minimum absolute atomic E-state index is 0.0978. The molecule has 2 aromatic heterocycles. The van der Waals surface area contributed by atoms with Crippen LogP contribution >= 0.6 is 22.9 Å². The number of hydrogen-bond donors (Lipinski definition) is 1. The fourth-order valence-electron chi connectivity index (χ4n) is 2.91. The fourth-order valence-corrected chi connectivity index (χ4v) is 4.10. The molecule has 1 N–H and O–H groups in total. The smallest absolute Gasteiger partial charge is 0.283 e. The van der Waals surface area contributed by atoms with Crippen LogP contribution < -0.4 is 5.32 Å². The maximum absolute atomic E-state index is 12.7. The van der Waals surface area contributed by atoms with Gasteiger partial charge in [0.15, 0.2) is 11.0 Å². The lowest BCUT2D eigenvalue weighted by Crippen LogP contribution is -2.13. The number of anilines is 1. The third-order valence-electron chi connectivity index (χ3n) is 4.32. The number of hydrogen-bond acceptors (Lipinski definition) is 6. The Kier molecular flexibility index (Phi) is 5.30. The van der Waals surface area contributed by atoms with Gasteiger partial charge in [-0.05, 0) is 12.1 Å². The Hall–Kier alpha value is -3.56. The number of halogens is 1. The normalized spacial score (nSPS) is 10.7. The van der Waals surface area contributed by atoms with Crippen LogP contribution in [0.4, 0.5) is 10.8 Å². The van der Waals surface area contributed by atoms with E-state index in [4.69, 9.17) is 11.6 Å². The average Bonchev–Trinajstić information content (AvgIpc) is 3.34. The van der Waals surface area contributed by atoms with Crippen LogP contribution in [0, 0.1) is 10.1 Å². The third-order valence-corrected chi connectivity index (χ3v) is 5.52. The van der Waals surface area contributed by atoms with Gasteiger partial charge in [0.2, 0.25) is 0 Å². The molecule has 0 radical (unpaired) electrons. The molecular weight excluding hydrogens is 426 g/mol. The van der Waals surface area contributed by atoms with Crippen LogP contribution in [0.15, 0.2) is 60.9 Å². The molecule has 10 heteroatoms. The van der Waals surface area contributed by atoms with Crippen molar-refractivity contribution in [2.24, 2.45) is 7.05 Å². The second kappa shape index (κ2) is 8.05. The molecule has 0 aliphatic heterocycles. The van der Waals surface area contributed by atoms with E-state index in [1.54, 1.807) is 6.20 Å². The van der Waals surface area contributed by atoms with Gasteiger partial charge >= 0.3 is 0 Å². The monoisotopic (exact) mass is 439 g/mol. The van der Waals surface area contributed by atoms with Gasteiger partial charge in [-0.3, -0.25) is 20.2 Å². The van der Waals surface area contributed by atoms with Gasteiger partial charge in [0.25, 0.3) is 11.6 Å². The number of aryl methyl sites for hydroxylation is 1. The van der Waals surface area contributed by atoms with Gasteiger partial charge in [0.05, 0.1) is 15.5 Å². The summed E-state index contributed by atoms with van der Waals surface area (Å²) in [6.45, 7) is 0. The number of benzene rings is 2. The Bertz CT molecular complexity index is 1250. The lowest BCUT2D eigenvalue weighted by Gasteiger charge is -2.03. The molecule has 0 saturated heterocycles. The molecule has 4 aromatic rings. The van der Waals surface area contributed by atoms with E-state index in [9.17, 15) is 14.9 Å². The van der Waals surface area contributed by atoms with Crippen molar-refractivity contribution in [1.82, 2.24) is 14.5 Å². The number of carbonyl (C=O) groups excluding carboxylic acids is 1. The van der Waals surface area contributed by atoms with E-state index in [1.165, 1.54) is 23.5 Å². The Labute approximate surface area is 179 Å². The van der Waals surface area contributed by atoms with Crippen LogP contribution in [-0.4, -0.2) is 25.4 Å². The van der Waals surface area contributed by atoms with Crippen molar-refractivity contribution in [3.05, 3.63) is 81.6 Å². The van der Waals surface area contributed by atoms with Crippen molar-refractivity contribution in [3.8, 4) is 22.0 Å². The van der Waals surface area contributed by atoms with Crippen LogP contribution in [0.25, 0.3) is 22.0 Å². The molecule has 0 unspecified atom stereocenters. The highest BCUT2D eigenvalue weighted by Gasteiger charge is 2.23. The Morgan fingerprint density at radius 1 is 1.23 bits per heavy atom. The maximum Gasteiger partial charge on any atom is 0.283 e. The highest BCUT2D eigenvalue weighted by Crippen LogP contribution is 2.38. The summed E-state index contributed by atoms with van der Waals surface area (Å²) >= 11 is 7.08. The number of rotatable bonds is 5. The molecule has 0 atom stereocenters. The van der Waals surface area contributed by atoms with E-state index in [1.807, 2.05) is 48.1 Å². The number of nitro benzene ring substituents is 1. The quantitative estimate of drug-likeness (QED) is 0.347. The predicted molar refractivity (Wildman–Crippen MR) is 116 cm³/mol. The van der Waals surface area contributed by atoms with E-state index < -0.39 is 10.8 Å². The van der Waals surface area contributed by atoms with Crippen molar-refractivity contribution in [1.29, 1.82) is 0 Å². The number of nitro groups is 1. The average molecular weight is 440 g/mol. The molecule has 0 aliphatic carbocycles. The van der Waals surface area contributed by atoms with E-state index in [-0.39, 0.29) is 16.3 Å². The number of nitrogens with zero attached hydrogens (tertiary/aromatic N) is 4.